The Morgan fingerprint density at radius 1 is 1.00 bits per heavy atom. The van der Waals surface area contributed by atoms with E-state index >= 15 is 0 Å². The number of nitrogens with zero attached hydrogens (tertiary/aromatic N) is 4. The zero-order valence-electron chi connectivity index (χ0n) is 24.5. The van der Waals surface area contributed by atoms with Gasteiger partial charge in [0.25, 0.3) is 0 Å². The molecule has 3 aromatic rings. The molecule has 1 aromatic carbocycles. The molecule has 1 aliphatic carbocycles. The van der Waals surface area contributed by atoms with E-state index in [1.165, 1.54) is 16.8 Å². The first kappa shape index (κ1) is 29.1. The quantitative estimate of drug-likeness (QED) is 0.267. The average Bonchev–Trinajstić information content (AvgIpc) is 3.23. The molecular formula is C32H44N6O3. The van der Waals surface area contributed by atoms with Crippen molar-refractivity contribution in [2.45, 2.75) is 65.6 Å². The summed E-state index contributed by atoms with van der Waals surface area (Å²) in [7, 11) is 0. The number of benzene rings is 1. The number of hydrogen-bond donors (Lipinski definition) is 4. The highest BCUT2D eigenvalue weighted by Gasteiger charge is 2.17. The van der Waals surface area contributed by atoms with Crippen molar-refractivity contribution in [2.75, 3.05) is 39.5 Å². The average molecular weight is 561 g/mol. The molecule has 0 amide bonds. The van der Waals surface area contributed by atoms with Crippen molar-refractivity contribution in [1.29, 1.82) is 5.41 Å². The van der Waals surface area contributed by atoms with Crippen LogP contribution in [-0.4, -0.2) is 68.7 Å². The molecule has 1 saturated heterocycles. The Morgan fingerprint density at radius 3 is 2.63 bits per heavy atom. The summed E-state index contributed by atoms with van der Waals surface area (Å²) in [5.74, 6) is 0.148. The number of nitrogens with one attached hydrogen (secondary N) is 2. The van der Waals surface area contributed by atoms with Crippen LogP contribution in [0.2, 0.25) is 0 Å². The zero-order chi connectivity index (χ0) is 28.8. The van der Waals surface area contributed by atoms with Crippen LogP contribution in [-0.2, 0) is 24.4 Å². The molecule has 2 aromatic heterocycles. The van der Waals surface area contributed by atoms with Crippen LogP contribution in [0.3, 0.4) is 0 Å². The maximum absolute atomic E-state index is 10.5. The van der Waals surface area contributed by atoms with Gasteiger partial charge >= 0.3 is 0 Å². The highest BCUT2D eigenvalue weighted by molar-refractivity contribution is 5.77. The minimum atomic E-state index is 0.148. The summed E-state index contributed by atoms with van der Waals surface area (Å²) in [5.41, 5.74) is 8.85. The molecule has 1 fully saturated rings. The number of rotatable bonds is 12. The molecule has 9 heteroatoms. The first-order chi connectivity index (χ1) is 19.9. The molecule has 3 heterocycles. The summed E-state index contributed by atoms with van der Waals surface area (Å²) < 4.78 is 9.54. The second-order valence-corrected chi connectivity index (χ2v) is 11.3. The summed E-state index contributed by atoms with van der Waals surface area (Å²) >= 11 is 0. The van der Waals surface area contributed by atoms with Crippen molar-refractivity contribution in [3.8, 4) is 5.75 Å². The van der Waals surface area contributed by atoms with Gasteiger partial charge in [0.15, 0.2) is 0 Å². The number of ether oxygens (including phenoxy) is 1. The van der Waals surface area contributed by atoms with Crippen molar-refractivity contribution >= 4 is 11.0 Å². The van der Waals surface area contributed by atoms with E-state index in [2.05, 4.69) is 51.0 Å². The first-order valence-electron chi connectivity index (χ1n) is 14.9. The molecule has 4 N–H and O–H groups in total. The number of imidazole rings is 1. The Kier molecular flexibility index (Phi) is 9.59. The normalized spacial score (nSPS) is 16.4. The largest absolute Gasteiger partial charge is 0.506 e. The number of aliphatic hydroxyl groups excluding tert-OH is 1. The number of allylic oxidation sites excluding steroid dienone is 3. The van der Waals surface area contributed by atoms with Crippen LogP contribution in [0.1, 0.15) is 56.0 Å². The van der Waals surface area contributed by atoms with Gasteiger partial charge in [-0.15, -0.1) is 0 Å². The summed E-state index contributed by atoms with van der Waals surface area (Å²) in [5, 5.41) is 32.7. The third-order valence-electron chi connectivity index (χ3n) is 8.20. The van der Waals surface area contributed by atoms with Crippen LogP contribution in [0.15, 0.2) is 53.3 Å². The molecule has 1 aliphatic heterocycles. The minimum Gasteiger partial charge on any atom is -0.506 e. The van der Waals surface area contributed by atoms with Gasteiger partial charge in [-0.3, -0.25) is 15.3 Å². The number of morpholine rings is 1. The SMILES string of the molecule is CC1=CC(NCc2ccc3c(c2)n(Cc2nc(C)ccc2O)c(=N)n3CCCN2CCOCC2)=C(CCCO)CC1. The van der Waals surface area contributed by atoms with Gasteiger partial charge in [-0.25, -0.2) is 0 Å². The van der Waals surface area contributed by atoms with E-state index in [-0.39, 0.29) is 12.4 Å². The summed E-state index contributed by atoms with van der Waals surface area (Å²) in [6.07, 6.45) is 6.99. The lowest BCUT2D eigenvalue weighted by atomic mass is 9.93. The number of aryl methyl sites for hydroxylation is 2. The Bertz CT molecular complexity index is 1480. The number of aliphatic hydroxyl groups is 1. The molecule has 0 radical (unpaired) electrons. The molecule has 0 unspecified atom stereocenters. The first-order valence-corrected chi connectivity index (χ1v) is 14.9. The van der Waals surface area contributed by atoms with Crippen molar-refractivity contribution in [1.82, 2.24) is 24.3 Å². The Hall–Kier alpha value is -3.40. The van der Waals surface area contributed by atoms with Gasteiger partial charge in [0, 0.05) is 50.7 Å². The van der Waals surface area contributed by atoms with Crippen LogP contribution in [0.5, 0.6) is 5.75 Å². The lowest BCUT2D eigenvalue weighted by molar-refractivity contribution is 0.0369. The maximum Gasteiger partial charge on any atom is 0.203 e. The fraction of sp³-hybridized carbons (Fsp3) is 0.500. The molecule has 2 aliphatic rings. The summed E-state index contributed by atoms with van der Waals surface area (Å²) in [6.45, 7) is 10.5. The van der Waals surface area contributed by atoms with E-state index in [1.807, 2.05) is 11.5 Å². The van der Waals surface area contributed by atoms with E-state index in [0.717, 1.165) is 93.8 Å². The van der Waals surface area contributed by atoms with Gasteiger partial charge in [0.2, 0.25) is 5.62 Å². The van der Waals surface area contributed by atoms with E-state index in [9.17, 15) is 10.2 Å². The Labute approximate surface area is 242 Å². The number of aromatic hydroxyl groups is 1. The van der Waals surface area contributed by atoms with Crippen LogP contribution in [0.25, 0.3) is 11.0 Å². The van der Waals surface area contributed by atoms with Crippen LogP contribution < -0.4 is 10.9 Å². The standard InChI is InChI=1S/C32H44N6O3/c1-23-6-9-26(5-3-16-39)27(19-23)34-21-25-8-10-29-30(20-25)38(22-28-31(40)11-7-24(2)35-28)32(33)37(29)13-4-12-36-14-17-41-18-15-36/h7-8,10-11,19-20,33-34,39-40H,3-6,9,12-18,21-22H2,1-2H3. The lowest BCUT2D eigenvalue weighted by Crippen LogP contribution is -2.37. The van der Waals surface area contributed by atoms with Crippen molar-refractivity contribution < 1.29 is 14.9 Å². The number of aromatic nitrogens is 3. The predicted molar refractivity (Wildman–Crippen MR) is 161 cm³/mol. The molecule has 41 heavy (non-hydrogen) atoms. The van der Waals surface area contributed by atoms with Gasteiger partial charge in [-0.1, -0.05) is 11.6 Å². The Morgan fingerprint density at radius 2 is 1.83 bits per heavy atom. The van der Waals surface area contributed by atoms with Crippen LogP contribution >= 0.6 is 0 Å². The van der Waals surface area contributed by atoms with Crippen LogP contribution in [0, 0.1) is 12.3 Å². The molecule has 0 atom stereocenters. The second kappa shape index (κ2) is 13.5. The van der Waals surface area contributed by atoms with E-state index in [4.69, 9.17) is 10.1 Å². The highest BCUT2D eigenvalue weighted by atomic mass is 16.5. The minimum absolute atomic E-state index is 0.148. The topological polar surface area (TPSA) is 112 Å². The molecule has 5 rings (SSSR count). The summed E-state index contributed by atoms with van der Waals surface area (Å²) in [6, 6.07) is 9.92. The van der Waals surface area contributed by atoms with Crippen molar-refractivity contribution in [3.05, 3.63) is 75.8 Å². The number of pyridine rings is 1. The van der Waals surface area contributed by atoms with Gasteiger partial charge in [-0.2, -0.15) is 0 Å². The third-order valence-corrected chi connectivity index (χ3v) is 8.20. The van der Waals surface area contributed by atoms with E-state index in [0.29, 0.717) is 24.4 Å². The highest BCUT2D eigenvalue weighted by Crippen LogP contribution is 2.26. The monoisotopic (exact) mass is 560 g/mol. The lowest BCUT2D eigenvalue weighted by Gasteiger charge is -2.26. The van der Waals surface area contributed by atoms with Gasteiger partial charge in [0.05, 0.1) is 30.8 Å². The number of fused-ring (bicyclic) bond motifs is 1. The van der Waals surface area contributed by atoms with Gasteiger partial charge in [0.1, 0.15) is 11.4 Å². The van der Waals surface area contributed by atoms with Crippen LogP contribution in [0.4, 0.5) is 0 Å². The smallest absolute Gasteiger partial charge is 0.203 e. The molecule has 0 bridgehead atoms. The van der Waals surface area contributed by atoms with E-state index in [1.54, 1.807) is 12.1 Å². The van der Waals surface area contributed by atoms with Crippen molar-refractivity contribution in [3.63, 3.8) is 0 Å². The summed E-state index contributed by atoms with van der Waals surface area (Å²) in [4.78, 5) is 7.01. The van der Waals surface area contributed by atoms with Gasteiger partial charge in [-0.05, 0) is 87.4 Å². The van der Waals surface area contributed by atoms with Crippen molar-refractivity contribution in [2.24, 2.45) is 0 Å². The molecule has 9 nitrogen and oxygen atoms in total. The fourth-order valence-electron chi connectivity index (χ4n) is 5.86. The molecular weight excluding hydrogens is 516 g/mol. The molecule has 0 spiro atoms. The molecule has 0 saturated carbocycles. The van der Waals surface area contributed by atoms with E-state index < -0.39 is 0 Å². The third kappa shape index (κ3) is 7.09. The molecule has 220 valence electrons. The zero-order valence-corrected chi connectivity index (χ0v) is 24.5. The fourth-order valence-corrected chi connectivity index (χ4v) is 5.86. The number of hydrogen-bond acceptors (Lipinski definition) is 7. The second-order valence-electron chi connectivity index (χ2n) is 11.3. The maximum atomic E-state index is 10.5. The van der Waals surface area contributed by atoms with Gasteiger partial charge < -0.3 is 29.4 Å². The predicted octanol–water partition coefficient (Wildman–Crippen LogP) is 3.96. The Balaban J connectivity index is 1.43.